The number of esters is 3. The summed E-state index contributed by atoms with van der Waals surface area (Å²) >= 11 is 0. The molecule has 0 heterocycles. The van der Waals surface area contributed by atoms with Crippen LogP contribution >= 0.6 is 0 Å². The van der Waals surface area contributed by atoms with Crippen LogP contribution in [0.25, 0.3) is 0 Å². The third kappa shape index (κ3) is 65.5. The van der Waals surface area contributed by atoms with Gasteiger partial charge in [0.2, 0.25) is 0 Å². The molecular weight excluding hydrogens is 997 g/mol. The van der Waals surface area contributed by atoms with Gasteiger partial charge in [0.05, 0.1) is 0 Å². The summed E-state index contributed by atoms with van der Waals surface area (Å²) in [5.41, 5.74) is 0. The zero-order valence-corrected chi connectivity index (χ0v) is 52.0. The second-order valence-corrected chi connectivity index (χ2v) is 20.9. The molecule has 0 aromatic rings. The van der Waals surface area contributed by atoms with E-state index in [2.05, 4.69) is 191 Å². The van der Waals surface area contributed by atoms with Crippen LogP contribution in [0.1, 0.15) is 265 Å². The second-order valence-electron chi connectivity index (χ2n) is 20.9. The molecule has 0 aliphatic rings. The average molecular weight is 1120 g/mol. The number of carbonyl (C=O) groups excluding carboxylic acids is 3. The maximum atomic E-state index is 12.9. The zero-order valence-electron chi connectivity index (χ0n) is 52.0. The van der Waals surface area contributed by atoms with Gasteiger partial charge in [-0.3, -0.25) is 14.4 Å². The molecule has 0 radical (unpaired) electrons. The Morgan fingerprint density at radius 2 is 0.444 bits per heavy atom. The van der Waals surface area contributed by atoms with E-state index in [-0.39, 0.29) is 37.5 Å². The van der Waals surface area contributed by atoms with E-state index in [1.165, 1.54) is 57.8 Å². The monoisotopic (exact) mass is 1110 g/mol. The first-order chi connectivity index (χ1) is 40.0. The van der Waals surface area contributed by atoms with Crippen molar-refractivity contribution in [1.29, 1.82) is 0 Å². The van der Waals surface area contributed by atoms with E-state index in [9.17, 15) is 14.4 Å². The smallest absolute Gasteiger partial charge is 0.306 e. The van der Waals surface area contributed by atoms with Crippen molar-refractivity contribution in [1.82, 2.24) is 0 Å². The van der Waals surface area contributed by atoms with Gasteiger partial charge in [-0.25, -0.2) is 0 Å². The number of hydrogen-bond acceptors (Lipinski definition) is 6. The van der Waals surface area contributed by atoms with Crippen molar-refractivity contribution >= 4 is 17.9 Å². The van der Waals surface area contributed by atoms with E-state index in [0.29, 0.717) is 12.8 Å². The van der Waals surface area contributed by atoms with Crippen molar-refractivity contribution in [3.05, 3.63) is 170 Å². The molecule has 81 heavy (non-hydrogen) atoms. The van der Waals surface area contributed by atoms with Crippen molar-refractivity contribution in [2.75, 3.05) is 13.2 Å². The van der Waals surface area contributed by atoms with Crippen LogP contribution in [0.5, 0.6) is 0 Å². The summed E-state index contributed by atoms with van der Waals surface area (Å²) in [4.78, 5) is 38.3. The Bertz CT molecular complexity index is 1860. The highest BCUT2D eigenvalue weighted by Crippen LogP contribution is 2.15. The third-order valence-corrected chi connectivity index (χ3v) is 13.2. The maximum absolute atomic E-state index is 12.9. The highest BCUT2D eigenvalue weighted by Gasteiger charge is 2.19. The molecule has 6 heteroatoms. The summed E-state index contributed by atoms with van der Waals surface area (Å²) in [7, 11) is 0. The van der Waals surface area contributed by atoms with E-state index >= 15 is 0 Å². The topological polar surface area (TPSA) is 78.9 Å². The average Bonchev–Trinajstić information content (AvgIpc) is 3.46. The molecular formula is C75H118O6. The maximum Gasteiger partial charge on any atom is 0.306 e. The van der Waals surface area contributed by atoms with E-state index in [1.807, 2.05) is 0 Å². The van der Waals surface area contributed by atoms with Crippen LogP contribution in [0.4, 0.5) is 0 Å². The fourth-order valence-electron chi connectivity index (χ4n) is 8.43. The molecule has 0 bridgehead atoms. The number of ether oxygens (including phenoxy) is 3. The van der Waals surface area contributed by atoms with Crippen molar-refractivity contribution < 1.29 is 28.6 Å². The number of rotatable bonds is 57. The van der Waals surface area contributed by atoms with Crippen LogP contribution in [0, 0.1) is 0 Å². The lowest BCUT2D eigenvalue weighted by atomic mass is 10.0. The van der Waals surface area contributed by atoms with Gasteiger partial charge in [-0.05, 0) is 148 Å². The number of allylic oxidation sites excluding steroid dienone is 28. The Balaban J connectivity index is 4.42. The SMILES string of the molecule is CC/C=C\C/C=C\C/C=C\C/C=C\C/C=C\C/C=C\CCCCCCC(=O)OC(COC(=O)CCCCC/C=C\C/C=C\C/C=C\CC)COC(=O)CCCCCCCCCCCCC/C=C\C/C=C\C/C=C\C/C=C\C/C=C\CC. The number of unbranched alkanes of at least 4 members (excludes halogenated alkanes) is 18. The minimum Gasteiger partial charge on any atom is -0.462 e. The lowest BCUT2D eigenvalue weighted by Gasteiger charge is -2.18. The van der Waals surface area contributed by atoms with Crippen LogP contribution < -0.4 is 0 Å². The quantitative estimate of drug-likeness (QED) is 0.0261. The van der Waals surface area contributed by atoms with Gasteiger partial charge in [-0.2, -0.15) is 0 Å². The lowest BCUT2D eigenvalue weighted by molar-refractivity contribution is -0.167. The Kier molecular flexibility index (Phi) is 62.9. The molecule has 0 N–H and O–H groups in total. The summed E-state index contributed by atoms with van der Waals surface area (Å²) in [5, 5.41) is 0. The molecule has 0 aromatic heterocycles. The van der Waals surface area contributed by atoms with E-state index in [1.54, 1.807) is 0 Å². The Hall–Kier alpha value is -5.23. The van der Waals surface area contributed by atoms with Crippen molar-refractivity contribution in [3.63, 3.8) is 0 Å². The van der Waals surface area contributed by atoms with Gasteiger partial charge in [0.25, 0.3) is 0 Å². The molecule has 0 saturated heterocycles. The summed E-state index contributed by atoms with van der Waals surface area (Å²) in [5.74, 6) is -0.969. The molecule has 0 saturated carbocycles. The van der Waals surface area contributed by atoms with Crippen LogP contribution in [0.3, 0.4) is 0 Å². The minimum absolute atomic E-state index is 0.107. The predicted octanol–water partition coefficient (Wildman–Crippen LogP) is 22.7. The van der Waals surface area contributed by atoms with Crippen LogP contribution in [0.15, 0.2) is 170 Å². The highest BCUT2D eigenvalue weighted by molar-refractivity contribution is 5.71. The zero-order chi connectivity index (χ0) is 58.5. The fourth-order valence-corrected chi connectivity index (χ4v) is 8.43. The standard InChI is InChI=1S/C75H118O6/c1-4-7-10-13-16-19-22-25-27-29-31-33-35-36-37-38-40-41-43-45-47-50-53-56-59-62-65-68-74(77)80-71-72(70-79-73(76)67-64-61-58-55-52-49-24-21-18-15-12-9-6-3)81-75(78)69-66-63-60-57-54-51-48-46-44-42-39-34-32-30-28-26-23-20-17-14-11-8-5-2/h7-12,16-21,25-28,31-34,36-37,42,44,48-49,51-52,72H,4-6,13-15,22-24,29-30,35,38-41,43,45-47,50,53-71H2,1-3H3/b10-7-,11-8-,12-9-,19-16-,20-17-,21-18-,27-25-,28-26-,33-31-,34-32-,37-36-,44-42-,51-48-,52-49-. The predicted molar refractivity (Wildman–Crippen MR) is 352 cm³/mol. The van der Waals surface area contributed by atoms with Gasteiger partial charge in [-0.1, -0.05) is 268 Å². The van der Waals surface area contributed by atoms with Crippen LogP contribution in [0.2, 0.25) is 0 Å². The molecule has 0 aromatic carbocycles. The summed E-state index contributed by atoms with van der Waals surface area (Å²) in [6.07, 6.45) is 99.3. The second kappa shape index (κ2) is 67.3. The number of hydrogen-bond donors (Lipinski definition) is 0. The first-order valence-corrected chi connectivity index (χ1v) is 32.6. The van der Waals surface area contributed by atoms with Crippen molar-refractivity contribution in [2.24, 2.45) is 0 Å². The fraction of sp³-hybridized carbons (Fsp3) is 0.587. The Morgan fingerprint density at radius 3 is 0.704 bits per heavy atom. The van der Waals surface area contributed by atoms with Gasteiger partial charge >= 0.3 is 17.9 Å². The molecule has 0 rings (SSSR count). The van der Waals surface area contributed by atoms with Crippen LogP contribution in [-0.4, -0.2) is 37.2 Å². The first kappa shape index (κ1) is 75.8. The molecule has 1 atom stereocenters. The lowest BCUT2D eigenvalue weighted by Crippen LogP contribution is -2.30. The minimum atomic E-state index is -0.816. The van der Waals surface area contributed by atoms with E-state index in [0.717, 1.165) is 167 Å². The molecule has 454 valence electrons. The largest absolute Gasteiger partial charge is 0.462 e. The van der Waals surface area contributed by atoms with Gasteiger partial charge < -0.3 is 14.2 Å². The summed E-state index contributed by atoms with van der Waals surface area (Å²) in [6, 6.07) is 0. The highest BCUT2D eigenvalue weighted by atomic mass is 16.6. The summed E-state index contributed by atoms with van der Waals surface area (Å²) < 4.78 is 16.9. The van der Waals surface area contributed by atoms with E-state index in [4.69, 9.17) is 14.2 Å². The Labute approximate surface area is 498 Å². The van der Waals surface area contributed by atoms with Gasteiger partial charge in [0.1, 0.15) is 13.2 Å². The molecule has 0 aliphatic heterocycles. The summed E-state index contributed by atoms with van der Waals surface area (Å²) in [6.45, 7) is 6.25. The number of carbonyl (C=O) groups is 3. The van der Waals surface area contributed by atoms with Crippen molar-refractivity contribution in [3.8, 4) is 0 Å². The van der Waals surface area contributed by atoms with E-state index < -0.39 is 6.10 Å². The van der Waals surface area contributed by atoms with Crippen LogP contribution in [-0.2, 0) is 28.6 Å². The molecule has 1 unspecified atom stereocenters. The molecule has 0 spiro atoms. The molecule has 0 fully saturated rings. The third-order valence-electron chi connectivity index (χ3n) is 13.2. The van der Waals surface area contributed by atoms with Gasteiger partial charge in [0, 0.05) is 19.3 Å². The Morgan fingerprint density at radius 1 is 0.247 bits per heavy atom. The molecule has 0 amide bonds. The first-order valence-electron chi connectivity index (χ1n) is 32.6. The van der Waals surface area contributed by atoms with Gasteiger partial charge in [0.15, 0.2) is 6.10 Å². The normalized spacial score (nSPS) is 13.3. The molecule has 6 nitrogen and oxygen atoms in total. The van der Waals surface area contributed by atoms with Gasteiger partial charge in [-0.15, -0.1) is 0 Å². The molecule has 0 aliphatic carbocycles. The van der Waals surface area contributed by atoms with Crippen molar-refractivity contribution in [2.45, 2.75) is 271 Å².